The minimum atomic E-state index is -0.927. The van der Waals surface area contributed by atoms with E-state index in [1.165, 1.54) is 6.92 Å². The van der Waals surface area contributed by atoms with Gasteiger partial charge < -0.3 is 10.3 Å². The average molecular weight is 487 g/mol. The lowest BCUT2D eigenvalue weighted by Crippen LogP contribution is -2.59. The number of Topliss-reactive ketones (excluding diaryl/α,β-unsaturated/α-hetero) is 2. The third kappa shape index (κ3) is 4.63. The van der Waals surface area contributed by atoms with Gasteiger partial charge in [0, 0.05) is 35.0 Å². The summed E-state index contributed by atoms with van der Waals surface area (Å²) in [4.78, 5) is 43.0. The zero-order valence-electron chi connectivity index (χ0n) is 22.5. The van der Waals surface area contributed by atoms with Crippen LogP contribution in [0, 0.1) is 24.2 Å². The van der Waals surface area contributed by atoms with Gasteiger partial charge in [0.1, 0.15) is 0 Å². The number of aromatic nitrogens is 1. The number of nitrogens with one attached hydrogen (secondary N) is 2. The number of fused-ring (bicyclic) bond motifs is 1. The van der Waals surface area contributed by atoms with Gasteiger partial charge in [-0.3, -0.25) is 14.4 Å². The lowest BCUT2D eigenvalue weighted by molar-refractivity contribution is -0.161. The molecular weight excluding hydrogens is 448 g/mol. The first kappa shape index (κ1) is 25.9. The number of amides is 1. The molecule has 1 aliphatic carbocycles. The van der Waals surface area contributed by atoms with E-state index in [0.29, 0.717) is 12.8 Å². The van der Waals surface area contributed by atoms with Crippen molar-refractivity contribution in [3.63, 3.8) is 0 Å². The fourth-order valence-electron chi connectivity index (χ4n) is 6.16. The quantitative estimate of drug-likeness (QED) is 0.390. The molecule has 2 aromatic carbocycles. The van der Waals surface area contributed by atoms with Crippen LogP contribution in [0.3, 0.4) is 0 Å². The van der Waals surface area contributed by atoms with Crippen molar-refractivity contribution in [2.24, 2.45) is 17.3 Å². The van der Waals surface area contributed by atoms with Crippen molar-refractivity contribution >= 4 is 28.4 Å². The summed E-state index contributed by atoms with van der Waals surface area (Å²) < 4.78 is 0. The average Bonchev–Trinajstić information content (AvgIpc) is 3.12. The highest BCUT2D eigenvalue weighted by molar-refractivity contribution is 6.27. The van der Waals surface area contributed by atoms with Crippen molar-refractivity contribution in [1.29, 1.82) is 0 Å². The zero-order valence-corrected chi connectivity index (χ0v) is 22.5. The number of carbonyl (C=O) groups is 3. The lowest BCUT2D eigenvalue weighted by Gasteiger charge is -2.46. The van der Waals surface area contributed by atoms with Crippen LogP contribution in [0.4, 0.5) is 0 Å². The molecule has 1 aliphatic rings. The number of ketones is 2. The Kier molecular flexibility index (Phi) is 6.72. The van der Waals surface area contributed by atoms with Gasteiger partial charge >= 0.3 is 0 Å². The predicted molar refractivity (Wildman–Crippen MR) is 144 cm³/mol. The first-order chi connectivity index (χ1) is 16.8. The fraction of sp³-hybridized carbons (Fsp3) is 0.452. The molecule has 1 unspecified atom stereocenters. The Morgan fingerprint density at radius 2 is 1.72 bits per heavy atom. The Morgan fingerprint density at radius 3 is 2.31 bits per heavy atom. The molecule has 0 aliphatic heterocycles. The van der Waals surface area contributed by atoms with Crippen molar-refractivity contribution < 1.29 is 14.4 Å². The van der Waals surface area contributed by atoms with Gasteiger partial charge in [0.15, 0.2) is 11.6 Å². The Labute approximate surface area is 214 Å². The Hall–Kier alpha value is -3.21. The number of hydrogen-bond donors (Lipinski definition) is 2. The number of benzene rings is 2. The summed E-state index contributed by atoms with van der Waals surface area (Å²) in [6.07, 6.45) is 1.13. The zero-order chi connectivity index (χ0) is 26.4. The number of aryl methyl sites for hydroxylation is 1. The molecule has 1 aromatic heterocycles. The summed E-state index contributed by atoms with van der Waals surface area (Å²) in [6.45, 7) is 13.5. The second-order valence-electron chi connectivity index (χ2n) is 11.8. The Balaban J connectivity index is 1.90. The van der Waals surface area contributed by atoms with E-state index in [4.69, 9.17) is 0 Å². The minimum Gasteiger partial charge on any atom is -0.358 e. The smallest absolute Gasteiger partial charge is 0.217 e. The molecule has 0 radical (unpaired) electrons. The van der Waals surface area contributed by atoms with E-state index in [-0.39, 0.29) is 23.4 Å². The van der Waals surface area contributed by atoms with E-state index >= 15 is 0 Å². The van der Waals surface area contributed by atoms with E-state index in [0.717, 1.165) is 33.3 Å². The van der Waals surface area contributed by atoms with Crippen LogP contribution < -0.4 is 5.32 Å². The monoisotopic (exact) mass is 486 g/mol. The third-order valence-electron chi connectivity index (χ3n) is 7.50. The van der Waals surface area contributed by atoms with Gasteiger partial charge in [-0.15, -0.1) is 0 Å². The normalized spacial score (nSPS) is 21.1. The first-order valence-corrected chi connectivity index (χ1v) is 12.9. The summed E-state index contributed by atoms with van der Waals surface area (Å²) in [5.41, 5.74) is 3.53. The molecule has 0 saturated heterocycles. The van der Waals surface area contributed by atoms with Gasteiger partial charge in [0.2, 0.25) is 5.91 Å². The van der Waals surface area contributed by atoms with Gasteiger partial charge in [-0.25, -0.2) is 0 Å². The predicted octanol–water partition coefficient (Wildman–Crippen LogP) is 5.89. The third-order valence-corrected chi connectivity index (χ3v) is 7.50. The van der Waals surface area contributed by atoms with Crippen molar-refractivity contribution in [2.75, 3.05) is 0 Å². The standard InChI is InChI=1S/C31H38N2O3/c1-18(2)16-31(7)28(35)26(29(31)36)25(21-11-9-8-10-12-21)27-23(17-30(5,6)33-20(4)34)22-14-13-19(3)15-24(22)32-27/h8-15,18,25-26,32H,16-17H2,1-7H3,(H,33,34). The van der Waals surface area contributed by atoms with Gasteiger partial charge in [0.05, 0.1) is 11.3 Å². The van der Waals surface area contributed by atoms with Crippen molar-refractivity contribution in [3.8, 4) is 0 Å². The topological polar surface area (TPSA) is 79.0 Å². The van der Waals surface area contributed by atoms with E-state index in [1.54, 1.807) is 0 Å². The van der Waals surface area contributed by atoms with Crippen LogP contribution >= 0.6 is 0 Å². The Bertz CT molecular complexity index is 1300. The molecule has 3 aromatic rings. The molecule has 0 bridgehead atoms. The van der Waals surface area contributed by atoms with Crippen molar-refractivity contribution in [3.05, 3.63) is 70.9 Å². The van der Waals surface area contributed by atoms with Crippen LogP contribution in [0.1, 0.15) is 76.3 Å². The molecule has 1 atom stereocenters. The second kappa shape index (κ2) is 9.34. The number of rotatable bonds is 8. The minimum absolute atomic E-state index is 0.0250. The SMILES string of the molecule is CC(=O)NC(C)(C)Cc1c(C(c2ccccc2)C2C(=O)C(C)(CC(C)C)C2=O)[nH]c2cc(C)ccc12. The highest BCUT2D eigenvalue weighted by Crippen LogP contribution is 2.51. The fourth-order valence-corrected chi connectivity index (χ4v) is 6.16. The molecule has 1 amide bonds. The molecule has 1 saturated carbocycles. The van der Waals surface area contributed by atoms with Gasteiger partial charge in [-0.05, 0) is 69.2 Å². The van der Waals surface area contributed by atoms with Crippen LogP contribution in [0.25, 0.3) is 10.9 Å². The summed E-state index contributed by atoms with van der Waals surface area (Å²) in [6, 6.07) is 16.1. The highest BCUT2D eigenvalue weighted by atomic mass is 16.2. The summed E-state index contributed by atoms with van der Waals surface area (Å²) in [7, 11) is 0. The molecule has 1 heterocycles. The van der Waals surface area contributed by atoms with Crippen LogP contribution in [0.2, 0.25) is 0 Å². The molecule has 0 spiro atoms. The van der Waals surface area contributed by atoms with E-state index in [2.05, 4.69) is 42.3 Å². The number of aromatic amines is 1. The summed E-state index contributed by atoms with van der Waals surface area (Å²) in [5.74, 6) is -0.932. The molecule has 190 valence electrons. The van der Waals surface area contributed by atoms with Crippen LogP contribution in [0.15, 0.2) is 48.5 Å². The number of carbonyl (C=O) groups excluding carboxylic acids is 3. The second-order valence-corrected chi connectivity index (χ2v) is 11.8. The summed E-state index contributed by atoms with van der Waals surface area (Å²) >= 11 is 0. The van der Waals surface area contributed by atoms with Gasteiger partial charge in [-0.2, -0.15) is 0 Å². The summed E-state index contributed by atoms with van der Waals surface area (Å²) in [5, 5.41) is 4.12. The van der Waals surface area contributed by atoms with Crippen molar-refractivity contribution in [2.45, 2.75) is 72.8 Å². The molecular formula is C31H38N2O3. The molecule has 36 heavy (non-hydrogen) atoms. The van der Waals surface area contributed by atoms with Crippen molar-refractivity contribution in [1.82, 2.24) is 10.3 Å². The highest BCUT2D eigenvalue weighted by Gasteiger charge is 2.61. The molecule has 1 fully saturated rings. The van der Waals surface area contributed by atoms with Crippen LogP contribution in [-0.4, -0.2) is 28.0 Å². The number of hydrogen-bond acceptors (Lipinski definition) is 3. The first-order valence-electron chi connectivity index (χ1n) is 12.9. The molecule has 5 heteroatoms. The van der Waals surface area contributed by atoms with E-state index < -0.39 is 22.8 Å². The van der Waals surface area contributed by atoms with Gasteiger partial charge in [0.25, 0.3) is 0 Å². The maximum absolute atomic E-state index is 13.7. The van der Waals surface area contributed by atoms with Crippen LogP contribution in [-0.2, 0) is 20.8 Å². The Morgan fingerprint density at radius 1 is 1.08 bits per heavy atom. The lowest BCUT2D eigenvalue weighted by atomic mass is 9.53. The maximum Gasteiger partial charge on any atom is 0.217 e. The maximum atomic E-state index is 13.7. The molecule has 2 N–H and O–H groups in total. The van der Waals surface area contributed by atoms with Crippen LogP contribution in [0.5, 0.6) is 0 Å². The van der Waals surface area contributed by atoms with E-state index in [9.17, 15) is 14.4 Å². The molecule has 4 rings (SSSR count). The largest absolute Gasteiger partial charge is 0.358 e. The van der Waals surface area contributed by atoms with Gasteiger partial charge in [-0.1, -0.05) is 56.3 Å². The number of H-pyrrole nitrogens is 1. The van der Waals surface area contributed by atoms with E-state index in [1.807, 2.05) is 58.0 Å². The molecule has 5 nitrogen and oxygen atoms in total.